The second-order valence-electron chi connectivity index (χ2n) is 5.12. The van der Waals surface area contributed by atoms with E-state index in [1.165, 1.54) is 0 Å². The minimum Gasteiger partial charge on any atom is -0.330 e. The predicted octanol–water partition coefficient (Wildman–Crippen LogP) is 1.61. The maximum absolute atomic E-state index is 12.2. The lowest BCUT2D eigenvalue weighted by Gasteiger charge is -2.11. The van der Waals surface area contributed by atoms with Crippen LogP contribution in [0.3, 0.4) is 0 Å². The van der Waals surface area contributed by atoms with Crippen LogP contribution in [0.2, 0.25) is 0 Å². The monoisotopic (exact) mass is 314 g/mol. The second-order valence-corrected chi connectivity index (χ2v) is 8.03. The lowest BCUT2D eigenvalue weighted by Crippen LogP contribution is -2.29. The van der Waals surface area contributed by atoms with Crippen molar-refractivity contribution < 1.29 is 8.42 Å². The molecule has 1 aliphatic rings. The fraction of sp³-hybridized carbons (Fsp3) is 0.571. The summed E-state index contributed by atoms with van der Waals surface area (Å²) in [5, 5.41) is 0. The summed E-state index contributed by atoms with van der Waals surface area (Å²) >= 11 is 1.89. The van der Waals surface area contributed by atoms with E-state index < -0.39 is 10.0 Å². The molecule has 1 heterocycles. The lowest BCUT2D eigenvalue weighted by atomic mass is 10.1. The van der Waals surface area contributed by atoms with Crippen LogP contribution in [-0.4, -0.2) is 33.0 Å². The number of nitrogens with two attached hydrogens (primary N) is 1. The summed E-state index contributed by atoms with van der Waals surface area (Å²) in [7, 11) is -3.37. The van der Waals surface area contributed by atoms with Crippen LogP contribution >= 0.6 is 11.8 Å². The van der Waals surface area contributed by atoms with Crippen LogP contribution in [0, 0.1) is 5.92 Å². The zero-order valence-electron chi connectivity index (χ0n) is 11.5. The zero-order chi connectivity index (χ0) is 14.4. The molecule has 1 saturated heterocycles. The molecule has 20 heavy (non-hydrogen) atoms. The highest BCUT2D eigenvalue weighted by Crippen LogP contribution is 2.23. The van der Waals surface area contributed by atoms with Gasteiger partial charge in [0.25, 0.3) is 0 Å². The first-order chi connectivity index (χ1) is 9.62. The maximum atomic E-state index is 12.2. The van der Waals surface area contributed by atoms with Crippen molar-refractivity contribution in [2.24, 2.45) is 11.7 Å². The molecular formula is C14H22N2O2S2. The molecule has 2 rings (SSSR count). The molecule has 0 saturated carbocycles. The molecule has 3 N–H and O–H groups in total. The van der Waals surface area contributed by atoms with E-state index in [0.717, 1.165) is 36.3 Å². The van der Waals surface area contributed by atoms with Crippen molar-refractivity contribution in [3.8, 4) is 0 Å². The molecule has 0 aromatic heterocycles. The van der Waals surface area contributed by atoms with Gasteiger partial charge in [-0.25, -0.2) is 13.1 Å². The van der Waals surface area contributed by atoms with Gasteiger partial charge in [0.1, 0.15) is 0 Å². The van der Waals surface area contributed by atoms with Gasteiger partial charge in [0.15, 0.2) is 0 Å². The van der Waals surface area contributed by atoms with Crippen LogP contribution in [0.4, 0.5) is 0 Å². The molecule has 0 bridgehead atoms. The zero-order valence-corrected chi connectivity index (χ0v) is 13.2. The molecule has 4 nitrogen and oxygen atoms in total. The van der Waals surface area contributed by atoms with Gasteiger partial charge in [-0.15, -0.1) is 0 Å². The number of hydrogen-bond donors (Lipinski definition) is 2. The molecule has 1 aromatic carbocycles. The Morgan fingerprint density at radius 3 is 2.65 bits per heavy atom. The minimum atomic E-state index is -3.37. The number of thioether (sulfide) groups is 1. The average molecular weight is 314 g/mol. The van der Waals surface area contributed by atoms with Crippen molar-refractivity contribution in [2.75, 3.05) is 24.6 Å². The molecule has 6 heteroatoms. The molecule has 1 atom stereocenters. The standard InChI is InChI=1S/C14H22N2O2S2/c15-8-1-2-12-3-5-14(6-4-12)20(17,18)16-10-13-7-9-19-11-13/h3-6,13,16H,1-2,7-11,15H2. The largest absolute Gasteiger partial charge is 0.330 e. The molecule has 0 amide bonds. The molecule has 1 aliphatic heterocycles. The van der Waals surface area contributed by atoms with E-state index in [4.69, 9.17) is 5.73 Å². The van der Waals surface area contributed by atoms with Gasteiger partial charge in [0.2, 0.25) is 10.0 Å². The van der Waals surface area contributed by atoms with E-state index in [2.05, 4.69) is 4.72 Å². The highest BCUT2D eigenvalue weighted by molar-refractivity contribution is 7.99. The number of nitrogens with one attached hydrogen (secondary N) is 1. The van der Waals surface area contributed by atoms with E-state index in [0.29, 0.717) is 23.9 Å². The van der Waals surface area contributed by atoms with Gasteiger partial charge in [-0.3, -0.25) is 0 Å². The van der Waals surface area contributed by atoms with Crippen LogP contribution in [0.5, 0.6) is 0 Å². The second kappa shape index (κ2) is 7.45. The quantitative estimate of drug-likeness (QED) is 0.802. The normalized spacial score (nSPS) is 19.4. The van der Waals surface area contributed by atoms with Crippen LogP contribution in [0.1, 0.15) is 18.4 Å². The van der Waals surface area contributed by atoms with Gasteiger partial charge in [0, 0.05) is 6.54 Å². The van der Waals surface area contributed by atoms with E-state index in [1.807, 2.05) is 23.9 Å². The van der Waals surface area contributed by atoms with E-state index in [-0.39, 0.29) is 0 Å². The topological polar surface area (TPSA) is 72.2 Å². The van der Waals surface area contributed by atoms with Crippen molar-refractivity contribution in [3.05, 3.63) is 29.8 Å². The SMILES string of the molecule is NCCCc1ccc(S(=O)(=O)NCC2CCSC2)cc1. The summed E-state index contributed by atoms with van der Waals surface area (Å²) in [6, 6.07) is 7.10. The maximum Gasteiger partial charge on any atom is 0.240 e. The van der Waals surface area contributed by atoms with Crippen LogP contribution in [0.25, 0.3) is 0 Å². The third kappa shape index (κ3) is 4.48. The molecule has 112 valence electrons. The Balaban J connectivity index is 1.94. The van der Waals surface area contributed by atoms with Crippen molar-refractivity contribution in [1.29, 1.82) is 0 Å². The highest BCUT2D eigenvalue weighted by atomic mass is 32.2. The Morgan fingerprint density at radius 2 is 2.05 bits per heavy atom. The molecule has 0 aliphatic carbocycles. The predicted molar refractivity (Wildman–Crippen MR) is 84.4 cm³/mol. The first kappa shape index (κ1) is 15.8. The van der Waals surface area contributed by atoms with Crippen molar-refractivity contribution in [1.82, 2.24) is 4.72 Å². The Bertz CT molecular complexity index is 508. The highest BCUT2D eigenvalue weighted by Gasteiger charge is 2.19. The third-order valence-electron chi connectivity index (χ3n) is 3.49. The summed E-state index contributed by atoms with van der Waals surface area (Å²) in [6.07, 6.45) is 2.92. The number of rotatable bonds is 7. The van der Waals surface area contributed by atoms with Crippen LogP contribution < -0.4 is 10.5 Å². The minimum absolute atomic E-state index is 0.347. The molecule has 0 spiro atoms. The first-order valence-corrected chi connectivity index (χ1v) is 9.62. The van der Waals surface area contributed by atoms with E-state index >= 15 is 0 Å². The summed E-state index contributed by atoms with van der Waals surface area (Å²) in [4.78, 5) is 0.347. The van der Waals surface area contributed by atoms with Crippen LogP contribution in [-0.2, 0) is 16.4 Å². The summed E-state index contributed by atoms with van der Waals surface area (Å²) in [5.74, 6) is 2.67. The van der Waals surface area contributed by atoms with Crippen molar-refractivity contribution in [2.45, 2.75) is 24.2 Å². The molecule has 1 aromatic rings. The Morgan fingerprint density at radius 1 is 1.30 bits per heavy atom. The van der Waals surface area contributed by atoms with Crippen molar-refractivity contribution in [3.63, 3.8) is 0 Å². The van der Waals surface area contributed by atoms with E-state index in [9.17, 15) is 8.42 Å². The van der Waals surface area contributed by atoms with Gasteiger partial charge in [-0.05, 0) is 60.9 Å². The van der Waals surface area contributed by atoms with Crippen molar-refractivity contribution >= 4 is 21.8 Å². The third-order valence-corrected chi connectivity index (χ3v) is 6.16. The average Bonchev–Trinajstić information content (AvgIpc) is 2.97. The summed E-state index contributed by atoms with van der Waals surface area (Å²) in [6.45, 7) is 1.20. The van der Waals surface area contributed by atoms with Gasteiger partial charge < -0.3 is 5.73 Å². The molecular weight excluding hydrogens is 292 g/mol. The first-order valence-electron chi connectivity index (χ1n) is 6.98. The molecule has 1 fully saturated rings. The smallest absolute Gasteiger partial charge is 0.240 e. The van der Waals surface area contributed by atoms with Gasteiger partial charge in [-0.1, -0.05) is 12.1 Å². The Hall–Kier alpha value is -0.560. The lowest BCUT2D eigenvalue weighted by molar-refractivity contribution is 0.546. The number of aryl methyl sites for hydroxylation is 1. The summed E-state index contributed by atoms with van der Waals surface area (Å²) in [5.41, 5.74) is 6.59. The molecule has 0 radical (unpaired) electrons. The fourth-order valence-corrected chi connectivity index (χ4v) is 4.60. The van der Waals surface area contributed by atoms with Crippen LogP contribution in [0.15, 0.2) is 29.2 Å². The Kier molecular flexibility index (Phi) is 5.89. The van der Waals surface area contributed by atoms with Gasteiger partial charge in [-0.2, -0.15) is 11.8 Å². The number of benzene rings is 1. The van der Waals surface area contributed by atoms with Gasteiger partial charge in [0.05, 0.1) is 4.90 Å². The number of sulfonamides is 1. The van der Waals surface area contributed by atoms with E-state index in [1.54, 1.807) is 12.1 Å². The number of hydrogen-bond acceptors (Lipinski definition) is 4. The Labute approximate surface area is 125 Å². The van der Waals surface area contributed by atoms with Gasteiger partial charge >= 0.3 is 0 Å². The summed E-state index contributed by atoms with van der Waals surface area (Å²) < 4.78 is 27.1. The molecule has 1 unspecified atom stereocenters. The fourth-order valence-electron chi connectivity index (χ4n) is 2.20.